The number of nitrogens with one attached hydrogen (secondary N) is 1. The van der Waals surface area contributed by atoms with E-state index >= 15 is 0 Å². The maximum absolute atomic E-state index is 4.43. The third-order valence-electron chi connectivity index (χ3n) is 3.51. The lowest BCUT2D eigenvalue weighted by Crippen LogP contribution is -2.18. The van der Waals surface area contributed by atoms with E-state index in [0.29, 0.717) is 0 Å². The van der Waals surface area contributed by atoms with E-state index in [0.717, 1.165) is 5.52 Å². The highest BCUT2D eigenvalue weighted by Gasteiger charge is 2.15. The summed E-state index contributed by atoms with van der Waals surface area (Å²) in [4.78, 5) is 8.73. The lowest BCUT2D eigenvalue weighted by molar-refractivity contribution is 0.693. The molecule has 3 nitrogen and oxygen atoms in total. The molecular weight excluding hydrogens is 246 g/mol. The maximum atomic E-state index is 4.43. The molecule has 3 rings (SSSR count). The molecule has 0 aliphatic rings. The van der Waals surface area contributed by atoms with Crippen molar-refractivity contribution in [3.63, 3.8) is 0 Å². The van der Waals surface area contributed by atoms with E-state index in [1.165, 1.54) is 22.1 Å². The van der Waals surface area contributed by atoms with Crippen LogP contribution in [-0.4, -0.2) is 17.0 Å². The normalized spacial score (nSPS) is 12.5. The van der Waals surface area contributed by atoms with Gasteiger partial charge in [-0.2, -0.15) is 0 Å². The van der Waals surface area contributed by atoms with Crippen molar-refractivity contribution in [1.29, 1.82) is 0 Å². The van der Waals surface area contributed by atoms with E-state index in [1.54, 1.807) is 0 Å². The van der Waals surface area contributed by atoms with E-state index in [4.69, 9.17) is 0 Å². The first-order valence-corrected chi connectivity index (χ1v) is 6.72. The Bertz CT molecular complexity index is 732. The zero-order chi connectivity index (χ0) is 13.9. The smallest absolute Gasteiger partial charge is 0.0705 e. The zero-order valence-electron chi connectivity index (χ0n) is 11.7. The Morgan fingerprint density at radius 3 is 2.80 bits per heavy atom. The number of rotatable bonds is 3. The summed E-state index contributed by atoms with van der Waals surface area (Å²) in [6.07, 6.45) is 5.62. The summed E-state index contributed by atoms with van der Waals surface area (Å²) in [5.74, 6) is 0. The van der Waals surface area contributed by atoms with Gasteiger partial charge in [-0.3, -0.25) is 9.97 Å². The number of aryl methyl sites for hydroxylation is 1. The van der Waals surface area contributed by atoms with Gasteiger partial charge in [-0.05, 0) is 42.8 Å². The predicted octanol–water partition coefficient (Wildman–Crippen LogP) is 3.25. The third-order valence-corrected chi connectivity index (χ3v) is 3.51. The molecular formula is C17H17N3. The van der Waals surface area contributed by atoms with Gasteiger partial charge in [0, 0.05) is 24.0 Å². The number of fused-ring (bicyclic) bond motifs is 1. The van der Waals surface area contributed by atoms with Crippen LogP contribution in [-0.2, 0) is 0 Å². The Hall–Kier alpha value is -2.26. The SMILES string of the molecule is CNC(c1cncc(C)c1)c1cccc2ncccc12. The Morgan fingerprint density at radius 2 is 2.00 bits per heavy atom. The number of nitrogens with zero attached hydrogens (tertiary/aromatic N) is 2. The highest BCUT2D eigenvalue weighted by atomic mass is 14.9. The summed E-state index contributed by atoms with van der Waals surface area (Å²) < 4.78 is 0. The first-order valence-electron chi connectivity index (χ1n) is 6.72. The standard InChI is InChI=1S/C17H17N3/c1-12-9-13(11-19-10-12)17(18-2)15-5-3-7-16-14(15)6-4-8-20-16/h3-11,17-18H,1-2H3. The van der Waals surface area contributed by atoms with Crippen LogP contribution >= 0.6 is 0 Å². The lowest BCUT2D eigenvalue weighted by Gasteiger charge is -2.19. The van der Waals surface area contributed by atoms with Gasteiger partial charge in [0.05, 0.1) is 11.6 Å². The fraction of sp³-hybridized carbons (Fsp3) is 0.176. The average Bonchev–Trinajstić information content (AvgIpc) is 2.48. The Morgan fingerprint density at radius 1 is 1.10 bits per heavy atom. The fourth-order valence-electron chi connectivity index (χ4n) is 2.62. The van der Waals surface area contributed by atoms with Crippen LogP contribution in [0.25, 0.3) is 10.9 Å². The van der Waals surface area contributed by atoms with Crippen LogP contribution in [0.5, 0.6) is 0 Å². The van der Waals surface area contributed by atoms with Gasteiger partial charge < -0.3 is 5.32 Å². The van der Waals surface area contributed by atoms with Crippen molar-refractivity contribution in [3.8, 4) is 0 Å². The third kappa shape index (κ3) is 2.28. The summed E-state index contributed by atoms with van der Waals surface area (Å²) >= 11 is 0. The summed E-state index contributed by atoms with van der Waals surface area (Å²) in [6, 6.07) is 12.6. The predicted molar refractivity (Wildman–Crippen MR) is 81.6 cm³/mol. The molecule has 0 saturated heterocycles. The van der Waals surface area contributed by atoms with Crippen LogP contribution in [0.2, 0.25) is 0 Å². The number of aromatic nitrogens is 2. The van der Waals surface area contributed by atoms with Crippen molar-refractivity contribution in [2.45, 2.75) is 13.0 Å². The number of pyridine rings is 2. The molecule has 0 spiro atoms. The van der Waals surface area contributed by atoms with Gasteiger partial charge in [0.25, 0.3) is 0 Å². The number of hydrogen-bond acceptors (Lipinski definition) is 3. The van der Waals surface area contributed by atoms with Crippen molar-refractivity contribution < 1.29 is 0 Å². The van der Waals surface area contributed by atoms with E-state index in [2.05, 4.69) is 46.5 Å². The average molecular weight is 263 g/mol. The summed E-state index contributed by atoms with van der Waals surface area (Å²) in [5.41, 5.74) is 4.58. The molecule has 1 unspecified atom stereocenters. The summed E-state index contributed by atoms with van der Waals surface area (Å²) in [5, 5.41) is 4.56. The van der Waals surface area contributed by atoms with Crippen LogP contribution in [0.1, 0.15) is 22.7 Å². The molecule has 3 heteroatoms. The van der Waals surface area contributed by atoms with Crippen LogP contribution in [0.4, 0.5) is 0 Å². The quantitative estimate of drug-likeness (QED) is 0.788. The van der Waals surface area contributed by atoms with Crippen molar-refractivity contribution in [3.05, 3.63) is 71.7 Å². The maximum Gasteiger partial charge on any atom is 0.0705 e. The number of benzene rings is 1. The molecule has 0 aliphatic heterocycles. The molecule has 0 bridgehead atoms. The monoisotopic (exact) mass is 263 g/mol. The fourth-order valence-corrected chi connectivity index (χ4v) is 2.62. The molecule has 0 aliphatic carbocycles. The Balaban J connectivity index is 2.17. The molecule has 3 aromatic rings. The van der Waals surface area contributed by atoms with Crippen LogP contribution in [0, 0.1) is 6.92 Å². The van der Waals surface area contributed by atoms with Crippen molar-refractivity contribution in [2.24, 2.45) is 0 Å². The minimum atomic E-state index is 0.121. The molecule has 2 aromatic heterocycles. The van der Waals surface area contributed by atoms with Gasteiger partial charge >= 0.3 is 0 Å². The minimum absolute atomic E-state index is 0.121. The molecule has 0 fully saturated rings. The van der Waals surface area contributed by atoms with Gasteiger partial charge in [-0.15, -0.1) is 0 Å². The molecule has 1 atom stereocenters. The van der Waals surface area contributed by atoms with Crippen molar-refractivity contribution in [1.82, 2.24) is 15.3 Å². The molecule has 0 radical (unpaired) electrons. The molecule has 1 aromatic carbocycles. The number of hydrogen-bond donors (Lipinski definition) is 1. The van der Waals surface area contributed by atoms with Gasteiger partial charge in [0.2, 0.25) is 0 Å². The zero-order valence-corrected chi connectivity index (χ0v) is 11.7. The molecule has 20 heavy (non-hydrogen) atoms. The molecule has 1 N–H and O–H groups in total. The van der Waals surface area contributed by atoms with E-state index < -0.39 is 0 Å². The second kappa shape index (κ2) is 5.39. The second-order valence-corrected chi connectivity index (χ2v) is 4.93. The second-order valence-electron chi connectivity index (χ2n) is 4.93. The highest BCUT2D eigenvalue weighted by molar-refractivity contribution is 5.82. The summed E-state index contributed by atoms with van der Waals surface area (Å²) in [7, 11) is 1.97. The van der Waals surface area contributed by atoms with Gasteiger partial charge in [0.15, 0.2) is 0 Å². The van der Waals surface area contributed by atoms with E-state index in [-0.39, 0.29) is 6.04 Å². The van der Waals surface area contributed by atoms with Crippen LogP contribution in [0.3, 0.4) is 0 Å². The molecule has 0 amide bonds. The Kier molecular flexibility index (Phi) is 3.44. The van der Waals surface area contributed by atoms with Gasteiger partial charge in [-0.25, -0.2) is 0 Å². The van der Waals surface area contributed by atoms with Gasteiger partial charge in [0.1, 0.15) is 0 Å². The molecule has 0 saturated carbocycles. The van der Waals surface area contributed by atoms with Gasteiger partial charge in [-0.1, -0.05) is 24.3 Å². The van der Waals surface area contributed by atoms with E-state index in [9.17, 15) is 0 Å². The topological polar surface area (TPSA) is 37.8 Å². The lowest BCUT2D eigenvalue weighted by atomic mass is 9.96. The van der Waals surface area contributed by atoms with Crippen molar-refractivity contribution >= 4 is 10.9 Å². The first kappa shape index (κ1) is 12.8. The van der Waals surface area contributed by atoms with Crippen LogP contribution < -0.4 is 5.32 Å². The van der Waals surface area contributed by atoms with Crippen LogP contribution in [0.15, 0.2) is 55.0 Å². The summed E-state index contributed by atoms with van der Waals surface area (Å²) in [6.45, 7) is 2.06. The highest BCUT2D eigenvalue weighted by Crippen LogP contribution is 2.27. The molecule has 100 valence electrons. The first-order chi connectivity index (χ1) is 9.79. The minimum Gasteiger partial charge on any atom is -0.309 e. The largest absolute Gasteiger partial charge is 0.309 e. The molecule has 2 heterocycles. The van der Waals surface area contributed by atoms with Crippen molar-refractivity contribution in [2.75, 3.05) is 7.05 Å². The Labute approximate surface area is 118 Å². The van der Waals surface area contributed by atoms with E-state index in [1.807, 2.05) is 37.8 Å².